The lowest BCUT2D eigenvalue weighted by Gasteiger charge is -2.43. The first kappa shape index (κ1) is 87.1. The minimum Gasteiger partial charge on any atom is -0.494 e. The number of piperazine rings is 1. The van der Waals surface area contributed by atoms with Gasteiger partial charge in [0.05, 0.1) is 99.1 Å². The molecule has 7 fully saturated rings. The van der Waals surface area contributed by atoms with Crippen molar-refractivity contribution in [1.29, 1.82) is 0 Å². The van der Waals surface area contributed by atoms with Crippen LogP contribution in [0, 0.1) is 0 Å². The van der Waals surface area contributed by atoms with Crippen molar-refractivity contribution < 1.29 is 43.1 Å². The number of likely N-dealkylation sites (N-methyl/N-ethyl adjacent to an activating group) is 1. The molecule has 4 atom stereocenters. The van der Waals surface area contributed by atoms with Crippen LogP contribution < -0.4 is 70.7 Å². The Balaban J connectivity index is 0.000000151. The molecule has 2 amide bonds. The molecule has 3 aromatic heterocycles. The minimum absolute atomic E-state index is 0.0187. The van der Waals surface area contributed by atoms with Gasteiger partial charge in [0.1, 0.15) is 53.7 Å². The monoisotopic (exact) mass is 1670 g/mol. The van der Waals surface area contributed by atoms with Crippen molar-refractivity contribution in [1.82, 2.24) is 49.5 Å². The van der Waals surface area contributed by atoms with Gasteiger partial charge in [0.25, 0.3) is 0 Å². The van der Waals surface area contributed by atoms with E-state index in [2.05, 4.69) is 188 Å². The largest absolute Gasteiger partial charge is 0.494 e. The van der Waals surface area contributed by atoms with E-state index in [0.717, 1.165) is 132 Å². The predicted molar refractivity (Wildman–Crippen MR) is 486 cm³/mol. The van der Waals surface area contributed by atoms with Gasteiger partial charge in [-0.25, -0.2) is 45.1 Å². The lowest BCUT2D eigenvalue weighted by molar-refractivity contribution is -0.114. The van der Waals surface area contributed by atoms with Crippen LogP contribution in [0.1, 0.15) is 91.7 Å². The second-order valence-electron chi connectivity index (χ2n) is 31.9. The number of rotatable bonds is 28. The minimum atomic E-state index is -0.279. The Bertz CT molecular complexity index is 5070. The van der Waals surface area contributed by atoms with Gasteiger partial charge in [-0.3, -0.25) is 33.8 Å². The Kier molecular flexibility index (Phi) is 29.4. The summed E-state index contributed by atoms with van der Waals surface area (Å²) < 4.78 is 17.4. The Morgan fingerprint density at radius 3 is 1.20 bits per heavy atom. The van der Waals surface area contributed by atoms with E-state index in [4.69, 9.17) is 28.7 Å². The average Bonchev–Trinajstić information content (AvgIpc) is 1.79. The van der Waals surface area contributed by atoms with Gasteiger partial charge in [-0.05, 0) is 139 Å². The first-order valence-corrected chi connectivity index (χ1v) is 42.3. The molecule has 0 aliphatic carbocycles. The van der Waals surface area contributed by atoms with Gasteiger partial charge in [-0.1, -0.05) is 111 Å². The number of ether oxygens (including phenoxy) is 3. The first-order valence-electron chi connectivity index (χ1n) is 42.3. The van der Waals surface area contributed by atoms with Gasteiger partial charge in [0.15, 0.2) is 23.2 Å². The van der Waals surface area contributed by atoms with Crippen LogP contribution in [0.4, 0.5) is 80.4 Å². The van der Waals surface area contributed by atoms with Crippen LogP contribution in [0.3, 0.4) is 0 Å². The van der Waals surface area contributed by atoms with Gasteiger partial charge in [0, 0.05) is 138 Å². The highest BCUT2D eigenvalue weighted by Gasteiger charge is 2.36. The summed E-state index contributed by atoms with van der Waals surface area (Å²) in [7, 11) is 15.6. The summed E-state index contributed by atoms with van der Waals surface area (Å²) in [6.07, 6.45) is 16.9. The number of ketones is 1. The number of amides is 2. The van der Waals surface area contributed by atoms with Crippen molar-refractivity contribution in [3.63, 3.8) is 0 Å². The predicted octanol–water partition coefficient (Wildman–Crippen LogP) is 13.8. The summed E-state index contributed by atoms with van der Waals surface area (Å²) in [5.41, 5.74) is 10.7. The highest BCUT2D eigenvalue weighted by atomic mass is 16.7. The van der Waals surface area contributed by atoms with Crippen molar-refractivity contribution >= 4 is 98.0 Å². The Morgan fingerprint density at radius 1 is 0.431 bits per heavy atom. The molecule has 0 spiro atoms. The van der Waals surface area contributed by atoms with E-state index in [0.29, 0.717) is 113 Å². The summed E-state index contributed by atoms with van der Waals surface area (Å²) in [6, 6.07) is 50.0. The Hall–Kier alpha value is -12.3. The number of anilines is 14. The van der Waals surface area contributed by atoms with Gasteiger partial charge in [-0.2, -0.15) is 0 Å². The molecule has 9 aromatic rings. The Morgan fingerprint density at radius 2 is 0.813 bits per heavy atom. The average molecular weight is 1670 g/mol. The van der Waals surface area contributed by atoms with E-state index in [1.807, 2.05) is 118 Å². The maximum absolute atomic E-state index is 12.6. The second kappa shape index (κ2) is 41.5. The first-order chi connectivity index (χ1) is 59.9. The summed E-state index contributed by atoms with van der Waals surface area (Å²) in [6.45, 7) is 22.5. The summed E-state index contributed by atoms with van der Waals surface area (Å²) in [5.74, 6) is 5.13. The molecule has 30 nitrogen and oxygen atoms in total. The number of carbonyl (C=O) groups excluding carboxylic acids is 3. The number of nitrogens with one attached hydrogen (secondary N) is 5. The maximum atomic E-state index is 12.6. The third kappa shape index (κ3) is 21.6. The number of nitrogens with zero attached hydrogens (tertiary/aromatic N) is 16. The maximum Gasteiger partial charge on any atom is 0.247 e. The summed E-state index contributed by atoms with van der Waals surface area (Å²) in [5, 5.41) is 21.7. The number of hydroxylamine groups is 3. The molecule has 5 N–H and O–H groups in total. The molecule has 16 rings (SSSR count). The van der Waals surface area contributed by atoms with Gasteiger partial charge < -0.3 is 70.2 Å². The number of benzene rings is 6. The fourth-order valence-electron chi connectivity index (χ4n) is 17.1. The number of hydrogen-bond donors (Lipinski definition) is 5. The second-order valence-corrected chi connectivity index (χ2v) is 31.9. The molecule has 0 saturated carbocycles. The molecule has 6 aromatic carbocycles. The van der Waals surface area contributed by atoms with Crippen LogP contribution >= 0.6 is 0 Å². The van der Waals surface area contributed by atoms with Gasteiger partial charge in [0.2, 0.25) is 11.8 Å². The topological polar surface area (TPSA) is 276 Å². The molecule has 10 heterocycles. The van der Waals surface area contributed by atoms with Crippen molar-refractivity contribution in [2.45, 2.75) is 94.0 Å². The number of hydrogen-bond acceptors (Lipinski definition) is 28. The SMILES string of the molecule is C=CC(=O)Cc1cc(Nc2cc(N3OCC[C@@H]3c3ccccc3)ncn2)c(OC)cc1N1CCN(C2CCN(C)CC2)CC1.C=CC(=O)Nc1cc(Nc2cc(N3OCC[C@@H]3c3ccccc3)ncn2)c(OC)cc1N1CCC(N(C)C)CC1.C=CC(=O)Nc1cc(Nc2cc(N3OCC[C@@H]3c3ccccc3)ncn2)c(OC)cc1N1CC[C@@H](N(C)C)C1. The number of allylic oxidation sites excluding steroid dienone is 1. The zero-order valence-corrected chi connectivity index (χ0v) is 71.8. The van der Waals surface area contributed by atoms with E-state index in [-0.39, 0.29) is 42.1 Å². The number of likely N-dealkylation sites (tertiary alicyclic amines) is 1. The fourth-order valence-corrected chi connectivity index (χ4v) is 17.1. The van der Waals surface area contributed by atoms with Crippen LogP contribution in [-0.2, 0) is 35.3 Å². The van der Waals surface area contributed by atoms with Crippen molar-refractivity contribution in [2.75, 3.05) is 198 Å². The van der Waals surface area contributed by atoms with E-state index >= 15 is 0 Å². The number of methoxy groups -OCH3 is 3. The van der Waals surface area contributed by atoms with E-state index in [1.165, 1.54) is 66.7 Å². The zero-order chi connectivity index (χ0) is 85.9. The molecule has 7 aliphatic rings. The third-order valence-corrected chi connectivity index (χ3v) is 23.8. The Labute approximate surface area is 721 Å². The highest BCUT2D eigenvalue weighted by Crippen LogP contribution is 2.45. The van der Waals surface area contributed by atoms with E-state index < -0.39 is 0 Å². The van der Waals surface area contributed by atoms with Gasteiger partial charge >= 0.3 is 0 Å². The number of carbonyl (C=O) groups is 3. The number of piperidine rings is 2. The number of aromatic nitrogens is 6. The van der Waals surface area contributed by atoms with Crippen molar-refractivity contribution in [2.24, 2.45) is 0 Å². The van der Waals surface area contributed by atoms with Crippen LogP contribution in [0.5, 0.6) is 17.2 Å². The standard InChI is InChI=1S/C34H43N7O3.C30H37N7O3.C29H35N7O3/c1-4-28(42)20-26-21-29(32(43-3)22-31(26)40-17-15-39(16-18-40)27-10-13-38(2)14-11-27)37-33-23-34(36-24-35-33)41-30(12-19-44-41)25-8-6-5-7-9-25;1-5-30(38)34-23-17-24(27(39-4)18-26(23)36-14-11-22(12-15-36)35(2)3)33-28-19-29(32-20-31-28)37-25(13-16-40-37)21-9-7-6-8-10-21;1-5-29(37)33-22-15-23(26(38-4)16-25(22)35-13-11-21(18-35)34(2)3)32-27-17-28(31-19-30-27)36-24(12-14-39-36)20-9-7-6-8-10-20/h4-9,21-24,27,30H,1,10-20H2,2-3H3,(H,35,36,37);5-10,17-20,22,25H,1,11-16H2,2-4H3,(H,34,38)(H,31,32,33);5-10,15-17,19,21,24H,1,11-14,18H2,2-4H3,(H,33,37)(H,30,31,32)/t30-;25-;21-,24-/m111/s1. The molecule has 0 unspecified atom stereocenters. The summed E-state index contributed by atoms with van der Waals surface area (Å²) >= 11 is 0. The lowest BCUT2D eigenvalue weighted by Crippen LogP contribution is -2.53. The summed E-state index contributed by atoms with van der Waals surface area (Å²) in [4.78, 5) is 98.6. The highest BCUT2D eigenvalue weighted by molar-refractivity contribution is 6.03. The lowest BCUT2D eigenvalue weighted by atomic mass is 10.0. The van der Waals surface area contributed by atoms with Crippen molar-refractivity contribution in [3.8, 4) is 17.2 Å². The molecule has 123 heavy (non-hydrogen) atoms. The molecule has 7 aliphatic heterocycles. The molecule has 30 heteroatoms. The normalized spacial score (nSPS) is 18.9. The molecule has 0 radical (unpaired) electrons. The quantitative estimate of drug-likeness (QED) is 0.0285. The molecular weight excluding hydrogens is 1560 g/mol. The molecular formula is C93H115N21O9. The third-order valence-electron chi connectivity index (χ3n) is 23.8. The van der Waals surface area contributed by atoms with Crippen LogP contribution in [-0.4, -0.2) is 227 Å². The van der Waals surface area contributed by atoms with Crippen LogP contribution in [0.15, 0.2) is 203 Å². The molecule has 646 valence electrons. The van der Waals surface area contributed by atoms with E-state index in [1.54, 1.807) is 21.3 Å². The zero-order valence-electron chi connectivity index (χ0n) is 71.8. The van der Waals surface area contributed by atoms with Gasteiger partial charge in [-0.15, -0.1) is 0 Å². The van der Waals surface area contributed by atoms with Crippen LogP contribution in [0.2, 0.25) is 0 Å². The fraction of sp³-hybridized carbons (Fsp3) is 0.387. The molecule has 7 saturated heterocycles. The molecule has 0 bridgehead atoms. The smallest absolute Gasteiger partial charge is 0.247 e. The van der Waals surface area contributed by atoms with Crippen LogP contribution in [0.25, 0.3) is 0 Å². The van der Waals surface area contributed by atoms with Crippen molar-refractivity contribution in [3.05, 3.63) is 225 Å². The van der Waals surface area contributed by atoms with E-state index in [9.17, 15) is 14.4 Å².